The summed E-state index contributed by atoms with van der Waals surface area (Å²) in [6, 6.07) is 24.0. The summed E-state index contributed by atoms with van der Waals surface area (Å²) >= 11 is 5.92. The first kappa shape index (κ1) is 23.7. The summed E-state index contributed by atoms with van der Waals surface area (Å²) in [5, 5.41) is 4.12. The number of thiocarbonyl (C=S) groups is 1. The molecular weight excluding hydrogens is 470 g/mol. The first-order chi connectivity index (χ1) is 17.5. The van der Waals surface area contributed by atoms with E-state index in [0.717, 1.165) is 34.2 Å². The summed E-state index contributed by atoms with van der Waals surface area (Å²) in [4.78, 5) is 8.87. The van der Waals surface area contributed by atoms with Crippen molar-refractivity contribution in [2.45, 2.75) is 12.1 Å². The van der Waals surface area contributed by atoms with Gasteiger partial charge in [-0.15, -0.1) is 0 Å². The zero-order valence-electron chi connectivity index (χ0n) is 20.8. The topological polar surface area (TPSA) is 54.8 Å². The Morgan fingerprint density at radius 3 is 2.42 bits per heavy atom. The van der Waals surface area contributed by atoms with Crippen molar-refractivity contribution in [2.75, 3.05) is 38.1 Å². The molecule has 1 saturated heterocycles. The molecule has 2 atom stereocenters. The van der Waals surface area contributed by atoms with E-state index in [-0.39, 0.29) is 12.1 Å². The van der Waals surface area contributed by atoms with Gasteiger partial charge in [-0.3, -0.25) is 4.98 Å². The SMILES string of the molecule is COc1ccc(OC)c(N2C(=S)N[C@@H](c3ccccn3)[C@H]2c2cccn2-c2ccc(N(C)C)cc2)c1. The van der Waals surface area contributed by atoms with Gasteiger partial charge in [0.1, 0.15) is 17.5 Å². The van der Waals surface area contributed by atoms with Crippen molar-refractivity contribution in [3.63, 3.8) is 0 Å². The highest BCUT2D eigenvalue weighted by Crippen LogP contribution is 2.46. The lowest BCUT2D eigenvalue weighted by Crippen LogP contribution is -2.30. The molecule has 0 bridgehead atoms. The number of pyridine rings is 1. The van der Waals surface area contributed by atoms with E-state index in [9.17, 15) is 0 Å². The Bertz CT molecular complexity index is 1350. The third-order valence-electron chi connectivity index (χ3n) is 6.47. The molecule has 4 aromatic rings. The van der Waals surface area contributed by atoms with E-state index in [4.69, 9.17) is 21.7 Å². The Kier molecular flexibility index (Phi) is 6.52. The van der Waals surface area contributed by atoms with E-state index >= 15 is 0 Å². The van der Waals surface area contributed by atoms with Gasteiger partial charge in [-0.2, -0.15) is 0 Å². The van der Waals surface area contributed by atoms with Crippen LogP contribution in [0.5, 0.6) is 11.5 Å². The van der Waals surface area contributed by atoms with Crippen LogP contribution < -0.4 is 24.6 Å². The van der Waals surface area contributed by atoms with Crippen molar-refractivity contribution in [2.24, 2.45) is 0 Å². The Balaban J connectivity index is 1.67. The molecule has 5 rings (SSSR count). The van der Waals surface area contributed by atoms with Crippen LogP contribution in [0.2, 0.25) is 0 Å². The largest absolute Gasteiger partial charge is 0.497 e. The number of anilines is 2. The van der Waals surface area contributed by atoms with Crippen LogP contribution in [-0.4, -0.2) is 43.0 Å². The fourth-order valence-corrected chi connectivity index (χ4v) is 5.02. The maximum Gasteiger partial charge on any atom is 0.174 e. The number of nitrogens with zero attached hydrogens (tertiary/aromatic N) is 4. The third kappa shape index (κ3) is 4.24. The number of nitrogens with one attached hydrogen (secondary N) is 1. The maximum atomic E-state index is 5.92. The molecule has 1 aliphatic heterocycles. The molecule has 2 aromatic carbocycles. The van der Waals surface area contributed by atoms with Gasteiger partial charge >= 0.3 is 0 Å². The predicted octanol–water partition coefficient (Wildman–Crippen LogP) is 5.13. The molecular formula is C28H29N5O2S. The van der Waals surface area contributed by atoms with Crippen LogP contribution in [0, 0.1) is 0 Å². The second-order valence-corrected chi connectivity index (χ2v) is 9.13. The third-order valence-corrected chi connectivity index (χ3v) is 6.79. The lowest BCUT2D eigenvalue weighted by molar-refractivity contribution is 0.402. The fraction of sp³-hybridized carbons (Fsp3) is 0.214. The van der Waals surface area contributed by atoms with Gasteiger partial charge in [0.05, 0.1) is 31.6 Å². The molecule has 0 aliphatic carbocycles. The Labute approximate surface area is 216 Å². The van der Waals surface area contributed by atoms with Gasteiger partial charge in [-0.25, -0.2) is 0 Å². The summed E-state index contributed by atoms with van der Waals surface area (Å²) in [5.41, 5.74) is 5.01. The van der Waals surface area contributed by atoms with E-state index in [1.54, 1.807) is 14.2 Å². The predicted molar refractivity (Wildman–Crippen MR) is 148 cm³/mol. The van der Waals surface area contributed by atoms with Gasteiger partial charge in [-0.05, 0) is 72.9 Å². The zero-order valence-corrected chi connectivity index (χ0v) is 21.6. The van der Waals surface area contributed by atoms with Crippen molar-refractivity contribution in [3.8, 4) is 17.2 Å². The Morgan fingerprint density at radius 2 is 1.75 bits per heavy atom. The molecule has 0 radical (unpaired) electrons. The lowest BCUT2D eigenvalue weighted by Gasteiger charge is -2.30. The molecule has 0 spiro atoms. The van der Waals surface area contributed by atoms with Gasteiger partial charge in [0, 0.05) is 49.6 Å². The number of methoxy groups -OCH3 is 2. The fourth-order valence-electron chi connectivity index (χ4n) is 4.68. The number of hydrogen-bond acceptors (Lipinski definition) is 5. The van der Waals surface area contributed by atoms with Crippen LogP contribution >= 0.6 is 12.2 Å². The zero-order chi connectivity index (χ0) is 25.2. The van der Waals surface area contributed by atoms with Crippen LogP contribution in [0.25, 0.3) is 5.69 Å². The van der Waals surface area contributed by atoms with E-state index in [1.165, 1.54) is 0 Å². The number of rotatable bonds is 7. The van der Waals surface area contributed by atoms with Crippen molar-refractivity contribution >= 4 is 28.7 Å². The van der Waals surface area contributed by atoms with Crippen LogP contribution in [0.15, 0.2) is 85.2 Å². The maximum absolute atomic E-state index is 5.92. The van der Waals surface area contributed by atoms with E-state index in [2.05, 4.69) is 67.3 Å². The minimum atomic E-state index is -0.197. The molecule has 184 valence electrons. The molecule has 1 aliphatic rings. The highest BCUT2D eigenvalue weighted by Gasteiger charge is 2.43. The molecule has 36 heavy (non-hydrogen) atoms. The standard InChI is InChI=1S/C28H29N5O2S/c1-31(2)19-10-12-20(13-11-19)32-17-7-9-23(32)27-26(22-8-5-6-16-29-22)30-28(36)33(27)24-18-21(34-3)14-15-25(24)35-4/h5-18,26-27H,1-4H3,(H,30,36)/t26-,27+/m0/s1. The number of ether oxygens (including phenoxy) is 2. The molecule has 1 N–H and O–H groups in total. The van der Waals surface area contributed by atoms with Gasteiger partial charge < -0.3 is 29.2 Å². The van der Waals surface area contributed by atoms with Gasteiger partial charge in [0.15, 0.2) is 5.11 Å². The highest BCUT2D eigenvalue weighted by atomic mass is 32.1. The number of hydrogen-bond donors (Lipinski definition) is 1. The van der Waals surface area contributed by atoms with E-state index < -0.39 is 0 Å². The average Bonchev–Trinajstić information content (AvgIpc) is 3.53. The van der Waals surface area contributed by atoms with Gasteiger partial charge in [0.2, 0.25) is 0 Å². The van der Waals surface area contributed by atoms with Crippen LogP contribution in [0.4, 0.5) is 11.4 Å². The summed E-state index contributed by atoms with van der Waals surface area (Å²) in [6.07, 6.45) is 3.89. The van der Waals surface area contributed by atoms with Gasteiger partial charge in [-0.1, -0.05) is 6.07 Å². The number of benzene rings is 2. The number of aromatic nitrogens is 2. The smallest absolute Gasteiger partial charge is 0.174 e. The Hall–Kier alpha value is -4.04. The molecule has 1 fully saturated rings. The van der Waals surface area contributed by atoms with E-state index in [0.29, 0.717) is 10.9 Å². The molecule has 3 heterocycles. The van der Waals surface area contributed by atoms with Gasteiger partial charge in [0.25, 0.3) is 0 Å². The first-order valence-electron chi connectivity index (χ1n) is 11.7. The lowest BCUT2D eigenvalue weighted by atomic mass is 10.0. The van der Waals surface area contributed by atoms with Crippen LogP contribution in [0.1, 0.15) is 23.5 Å². The molecule has 0 amide bonds. The second kappa shape index (κ2) is 9.91. The van der Waals surface area contributed by atoms with Crippen LogP contribution in [-0.2, 0) is 0 Å². The van der Waals surface area contributed by atoms with E-state index in [1.807, 2.05) is 56.7 Å². The molecule has 0 unspecified atom stereocenters. The summed E-state index contributed by atoms with van der Waals surface area (Å²) < 4.78 is 13.5. The van der Waals surface area contributed by atoms with Crippen molar-refractivity contribution < 1.29 is 9.47 Å². The van der Waals surface area contributed by atoms with Crippen molar-refractivity contribution in [1.29, 1.82) is 0 Å². The minimum Gasteiger partial charge on any atom is -0.497 e. The Morgan fingerprint density at radius 1 is 0.944 bits per heavy atom. The summed E-state index contributed by atoms with van der Waals surface area (Å²) in [7, 11) is 7.40. The summed E-state index contributed by atoms with van der Waals surface area (Å²) in [5.74, 6) is 1.43. The average molecular weight is 500 g/mol. The molecule has 2 aromatic heterocycles. The summed E-state index contributed by atoms with van der Waals surface area (Å²) in [6.45, 7) is 0. The normalized spacial score (nSPS) is 17.1. The minimum absolute atomic E-state index is 0.177. The molecule has 8 heteroatoms. The molecule has 7 nitrogen and oxygen atoms in total. The monoisotopic (exact) mass is 499 g/mol. The van der Waals surface area contributed by atoms with Crippen molar-refractivity contribution in [1.82, 2.24) is 14.9 Å². The quantitative estimate of drug-likeness (QED) is 0.354. The first-order valence-corrected chi connectivity index (χ1v) is 12.1. The molecule has 0 saturated carbocycles. The second-order valence-electron chi connectivity index (χ2n) is 8.75. The van der Waals surface area contributed by atoms with Crippen LogP contribution in [0.3, 0.4) is 0 Å². The van der Waals surface area contributed by atoms with Crippen molar-refractivity contribution in [3.05, 3.63) is 96.6 Å². The highest BCUT2D eigenvalue weighted by molar-refractivity contribution is 7.80.